The second kappa shape index (κ2) is 7.57. The van der Waals surface area contributed by atoms with Crippen molar-refractivity contribution in [3.8, 4) is 0 Å². The Labute approximate surface area is 136 Å². The van der Waals surface area contributed by atoms with E-state index in [0.29, 0.717) is 26.2 Å². The number of para-hydroxylation sites is 1. The molecule has 1 atom stereocenters. The molecule has 2 heterocycles. The topological polar surface area (TPSA) is 61.9 Å². The van der Waals surface area contributed by atoms with Crippen molar-refractivity contribution >= 4 is 17.5 Å². The van der Waals surface area contributed by atoms with Crippen LogP contribution in [0.5, 0.6) is 0 Å². The van der Waals surface area contributed by atoms with Crippen molar-refractivity contribution in [1.82, 2.24) is 9.80 Å². The number of benzene rings is 1. The fourth-order valence-electron chi connectivity index (χ4n) is 3.03. The zero-order chi connectivity index (χ0) is 16.1. The fourth-order valence-corrected chi connectivity index (χ4v) is 3.03. The molecule has 6 heteroatoms. The van der Waals surface area contributed by atoms with Crippen molar-refractivity contribution in [3.63, 3.8) is 0 Å². The van der Waals surface area contributed by atoms with Gasteiger partial charge in [-0.15, -0.1) is 0 Å². The van der Waals surface area contributed by atoms with Crippen LogP contribution < -0.4 is 5.32 Å². The monoisotopic (exact) mass is 317 g/mol. The highest BCUT2D eigenvalue weighted by molar-refractivity contribution is 5.92. The largest absolute Gasteiger partial charge is 0.368 e. The molecule has 23 heavy (non-hydrogen) atoms. The van der Waals surface area contributed by atoms with Crippen LogP contribution in [0.4, 0.5) is 5.69 Å². The molecule has 124 valence electrons. The number of carbonyl (C=O) groups is 2. The van der Waals surface area contributed by atoms with Gasteiger partial charge in [-0.1, -0.05) is 18.2 Å². The Morgan fingerprint density at radius 2 is 1.87 bits per heavy atom. The number of carbonyl (C=O) groups excluding carboxylic acids is 2. The first-order chi connectivity index (χ1) is 11.2. The molecule has 6 nitrogen and oxygen atoms in total. The molecule has 0 saturated carbocycles. The molecule has 1 N–H and O–H groups in total. The molecule has 0 spiro atoms. The van der Waals surface area contributed by atoms with Gasteiger partial charge in [-0.3, -0.25) is 14.5 Å². The van der Waals surface area contributed by atoms with Gasteiger partial charge < -0.3 is 15.0 Å². The molecule has 1 aromatic carbocycles. The van der Waals surface area contributed by atoms with Crippen LogP contribution in [-0.2, 0) is 14.3 Å². The van der Waals surface area contributed by atoms with Crippen LogP contribution in [0.3, 0.4) is 0 Å². The molecule has 2 saturated heterocycles. The summed E-state index contributed by atoms with van der Waals surface area (Å²) in [6, 6.07) is 9.45. The van der Waals surface area contributed by atoms with E-state index in [9.17, 15) is 9.59 Å². The Bertz CT molecular complexity index is 535. The Morgan fingerprint density at radius 1 is 1.13 bits per heavy atom. The average Bonchev–Trinajstić information content (AvgIpc) is 3.10. The minimum absolute atomic E-state index is 0.0184. The highest BCUT2D eigenvalue weighted by Gasteiger charge is 2.30. The van der Waals surface area contributed by atoms with Gasteiger partial charge in [0.1, 0.15) is 6.10 Å². The standard InChI is InChI=1S/C17H23N3O3/c21-16(18-14-5-2-1-3-6-14)13-19-8-10-20(11-9-19)17(22)15-7-4-12-23-15/h1-3,5-6,15H,4,7-13H2,(H,18,21)/t15-/m1/s1. The number of amides is 2. The lowest BCUT2D eigenvalue weighted by Crippen LogP contribution is -2.52. The summed E-state index contributed by atoms with van der Waals surface area (Å²) in [6.07, 6.45) is 1.55. The van der Waals surface area contributed by atoms with Crippen LogP contribution in [0.25, 0.3) is 0 Å². The van der Waals surface area contributed by atoms with Crippen molar-refractivity contribution in [3.05, 3.63) is 30.3 Å². The lowest BCUT2D eigenvalue weighted by Gasteiger charge is -2.35. The van der Waals surface area contributed by atoms with Crippen LogP contribution in [0.1, 0.15) is 12.8 Å². The molecular weight excluding hydrogens is 294 g/mol. The number of hydrogen-bond acceptors (Lipinski definition) is 4. The van der Waals surface area contributed by atoms with E-state index in [4.69, 9.17) is 4.74 Å². The lowest BCUT2D eigenvalue weighted by atomic mass is 10.2. The Morgan fingerprint density at radius 3 is 2.52 bits per heavy atom. The summed E-state index contributed by atoms with van der Waals surface area (Å²) in [7, 11) is 0. The molecule has 0 radical (unpaired) electrons. The van der Waals surface area contributed by atoms with Crippen LogP contribution in [0, 0.1) is 0 Å². The molecule has 2 aliphatic heterocycles. The van der Waals surface area contributed by atoms with E-state index in [1.54, 1.807) is 0 Å². The van der Waals surface area contributed by atoms with Crippen molar-refractivity contribution in [2.24, 2.45) is 0 Å². The third-order valence-corrected chi connectivity index (χ3v) is 4.31. The maximum absolute atomic E-state index is 12.3. The zero-order valence-electron chi connectivity index (χ0n) is 13.2. The van der Waals surface area contributed by atoms with E-state index in [2.05, 4.69) is 10.2 Å². The van der Waals surface area contributed by atoms with E-state index in [1.165, 1.54) is 0 Å². The summed E-state index contributed by atoms with van der Waals surface area (Å²) in [6.45, 7) is 3.82. The third-order valence-electron chi connectivity index (χ3n) is 4.31. The third kappa shape index (κ3) is 4.30. The van der Waals surface area contributed by atoms with Gasteiger partial charge in [0.2, 0.25) is 5.91 Å². The first-order valence-electron chi connectivity index (χ1n) is 8.20. The molecule has 3 rings (SSSR count). The van der Waals surface area contributed by atoms with Crippen LogP contribution >= 0.6 is 0 Å². The second-order valence-corrected chi connectivity index (χ2v) is 6.02. The quantitative estimate of drug-likeness (QED) is 0.898. The summed E-state index contributed by atoms with van der Waals surface area (Å²) in [4.78, 5) is 28.3. The number of anilines is 1. The minimum Gasteiger partial charge on any atom is -0.368 e. The van der Waals surface area contributed by atoms with E-state index < -0.39 is 0 Å². The lowest BCUT2D eigenvalue weighted by molar-refractivity contribution is -0.142. The van der Waals surface area contributed by atoms with Crippen LogP contribution in [0.15, 0.2) is 30.3 Å². The van der Waals surface area contributed by atoms with Crippen molar-refractivity contribution in [2.45, 2.75) is 18.9 Å². The van der Waals surface area contributed by atoms with Crippen molar-refractivity contribution in [1.29, 1.82) is 0 Å². The molecule has 2 amide bonds. The van der Waals surface area contributed by atoms with Gasteiger partial charge in [0.15, 0.2) is 0 Å². The molecule has 0 aliphatic carbocycles. The number of piperazine rings is 1. The number of rotatable bonds is 4. The molecule has 2 fully saturated rings. The molecule has 0 unspecified atom stereocenters. The Kier molecular flexibility index (Phi) is 5.25. The predicted molar refractivity (Wildman–Crippen MR) is 87.1 cm³/mol. The summed E-state index contributed by atoms with van der Waals surface area (Å²) < 4.78 is 5.46. The predicted octanol–water partition coefficient (Wildman–Crippen LogP) is 0.948. The smallest absolute Gasteiger partial charge is 0.251 e. The van der Waals surface area contributed by atoms with Gasteiger partial charge >= 0.3 is 0 Å². The molecule has 0 bridgehead atoms. The minimum atomic E-state index is -0.247. The van der Waals surface area contributed by atoms with Crippen molar-refractivity contribution in [2.75, 3.05) is 44.6 Å². The van der Waals surface area contributed by atoms with Crippen LogP contribution in [0.2, 0.25) is 0 Å². The SMILES string of the molecule is O=C(CN1CCN(C(=O)[C@H]2CCCO2)CC1)Nc1ccccc1. The summed E-state index contributed by atoms with van der Waals surface area (Å²) >= 11 is 0. The molecule has 2 aliphatic rings. The van der Waals surface area contributed by atoms with E-state index >= 15 is 0 Å². The van der Waals surface area contributed by atoms with Gasteiger partial charge in [-0.2, -0.15) is 0 Å². The number of nitrogens with zero attached hydrogens (tertiary/aromatic N) is 2. The first kappa shape index (κ1) is 16.0. The van der Waals surface area contributed by atoms with Crippen LogP contribution in [-0.4, -0.2) is 67.0 Å². The number of hydrogen-bond donors (Lipinski definition) is 1. The molecule has 0 aromatic heterocycles. The first-order valence-corrected chi connectivity index (χ1v) is 8.20. The van der Waals surface area contributed by atoms with Gasteiger partial charge in [-0.05, 0) is 25.0 Å². The van der Waals surface area contributed by atoms with E-state index in [-0.39, 0.29) is 17.9 Å². The number of ether oxygens (including phenoxy) is 1. The maximum atomic E-state index is 12.3. The van der Waals surface area contributed by atoms with Gasteiger partial charge in [0.05, 0.1) is 6.54 Å². The normalized spacial score (nSPS) is 22.1. The second-order valence-electron chi connectivity index (χ2n) is 6.02. The summed E-state index contributed by atoms with van der Waals surface area (Å²) in [5.41, 5.74) is 0.810. The zero-order valence-corrected chi connectivity index (χ0v) is 13.2. The fraction of sp³-hybridized carbons (Fsp3) is 0.529. The molecular formula is C17H23N3O3. The van der Waals surface area contributed by atoms with E-state index in [1.807, 2.05) is 35.2 Å². The van der Waals surface area contributed by atoms with Crippen molar-refractivity contribution < 1.29 is 14.3 Å². The summed E-state index contributed by atoms with van der Waals surface area (Å²) in [5, 5.41) is 2.89. The number of nitrogens with one attached hydrogen (secondary N) is 1. The highest BCUT2D eigenvalue weighted by atomic mass is 16.5. The maximum Gasteiger partial charge on any atom is 0.251 e. The average molecular weight is 317 g/mol. The van der Waals surface area contributed by atoms with Gasteiger partial charge in [0, 0.05) is 38.5 Å². The molecule has 1 aromatic rings. The van der Waals surface area contributed by atoms with Gasteiger partial charge in [0.25, 0.3) is 5.91 Å². The highest BCUT2D eigenvalue weighted by Crippen LogP contribution is 2.16. The van der Waals surface area contributed by atoms with E-state index in [0.717, 1.165) is 31.6 Å². The summed E-state index contributed by atoms with van der Waals surface area (Å²) in [5.74, 6) is 0.0889. The Balaban J connectivity index is 1.42. The van der Waals surface area contributed by atoms with Gasteiger partial charge in [-0.25, -0.2) is 0 Å². The Hall–Kier alpha value is -1.92.